The smallest absolute Gasteiger partial charge is 0.410 e. The van der Waals surface area contributed by atoms with E-state index in [0.29, 0.717) is 19.0 Å². The summed E-state index contributed by atoms with van der Waals surface area (Å²) in [5.74, 6) is 0.491. The molecule has 112 valence electrons. The molecule has 0 spiro atoms. The molecule has 1 saturated heterocycles. The molecular weight excluding hydrogens is 268 g/mol. The van der Waals surface area contributed by atoms with Crippen LogP contribution < -0.4 is 5.73 Å². The molecule has 0 bridgehead atoms. The highest BCUT2D eigenvalue weighted by atomic mass is 16.6. The van der Waals surface area contributed by atoms with Crippen LogP contribution >= 0.6 is 0 Å². The second kappa shape index (κ2) is 4.65. The third-order valence-corrected chi connectivity index (χ3v) is 3.50. The summed E-state index contributed by atoms with van der Waals surface area (Å²) in [4.78, 5) is 18.0. The highest BCUT2D eigenvalue weighted by molar-refractivity contribution is 5.78. The van der Waals surface area contributed by atoms with Crippen molar-refractivity contribution in [1.82, 2.24) is 14.5 Å². The van der Waals surface area contributed by atoms with Crippen molar-refractivity contribution >= 4 is 23.1 Å². The van der Waals surface area contributed by atoms with Crippen LogP contribution in [-0.4, -0.2) is 39.2 Å². The van der Waals surface area contributed by atoms with Gasteiger partial charge >= 0.3 is 6.09 Å². The fourth-order valence-electron chi connectivity index (χ4n) is 2.54. The minimum atomic E-state index is -0.469. The number of anilines is 1. The van der Waals surface area contributed by atoms with Crippen molar-refractivity contribution in [3.05, 3.63) is 24.3 Å². The Labute approximate surface area is 123 Å². The maximum absolute atomic E-state index is 12.0. The van der Waals surface area contributed by atoms with Crippen molar-refractivity contribution in [3.63, 3.8) is 0 Å². The molecule has 2 heterocycles. The number of carbonyl (C=O) groups is 1. The second-order valence-corrected chi connectivity index (χ2v) is 6.37. The van der Waals surface area contributed by atoms with Crippen LogP contribution in [0.4, 0.5) is 10.7 Å². The molecule has 0 saturated carbocycles. The van der Waals surface area contributed by atoms with E-state index in [1.807, 2.05) is 49.6 Å². The van der Waals surface area contributed by atoms with E-state index >= 15 is 0 Å². The maximum atomic E-state index is 12.0. The lowest BCUT2D eigenvalue weighted by Gasteiger charge is -2.40. The highest BCUT2D eigenvalue weighted by Gasteiger charge is 2.36. The molecule has 6 nitrogen and oxygen atoms in total. The number of nitrogens with zero attached hydrogens (tertiary/aromatic N) is 3. The zero-order valence-corrected chi connectivity index (χ0v) is 12.5. The number of para-hydroxylation sites is 2. The molecule has 6 heteroatoms. The summed E-state index contributed by atoms with van der Waals surface area (Å²) < 4.78 is 7.35. The number of imidazole rings is 1. The lowest BCUT2D eigenvalue weighted by molar-refractivity contribution is 0.00174. The molecule has 1 amide bonds. The fourth-order valence-corrected chi connectivity index (χ4v) is 2.54. The first kappa shape index (κ1) is 13.7. The van der Waals surface area contributed by atoms with Gasteiger partial charge in [-0.05, 0) is 32.9 Å². The highest BCUT2D eigenvalue weighted by Crippen LogP contribution is 2.29. The van der Waals surface area contributed by atoms with Crippen LogP contribution in [0.3, 0.4) is 0 Å². The fraction of sp³-hybridized carbons (Fsp3) is 0.467. The van der Waals surface area contributed by atoms with Gasteiger partial charge in [-0.2, -0.15) is 0 Å². The number of benzene rings is 1. The maximum Gasteiger partial charge on any atom is 0.410 e. The van der Waals surface area contributed by atoms with E-state index in [2.05, 4.69) is 4.98 Å². The molecule has 2 aromatic rings. The summed E-state index contributed by atoms with van der Waals surface area (Å²) in [6.45, 7) is 6.79. The molecule has 1 aliphatic rings. The van der Waals surface area contributed by atoms with E-state index in [1.165, 1.54) is 0 Å². The van der Waals surface area contributed by atoms with Gasteiger partial charge in [-0.3, -0.25) is 0 Å². The number of carbonyl (C=O) groups excluding carboxylic acids is 1. The summed E-state index contributed by atoms with van der Waals surface area (Å²) in [6, 6.07) is 7.99. The summed E-state index contributed by atoms with van der Waals surface area (Å²) in [6.07, 6.45) is -0.276. The van der Waals surface area contributed by atoms with Crippen LogP contribution in [0.25, 0.3) is 11.0 Å². The molecule has 1 fully saturated rings. The third-order valence-electron chi connectivity index (χ3n) is 3.50. The Kier molecular flexibility index (Phi) is 3.04. The van der Waals surface area contributed by atoms with Crippen LogP contribution in [-0.2, 0) is 4.74 Å². The molecule has 0 unspecified atom stereocenters. The standard InChI is InChI=1S/C15H20N4O2/c1-15(2,3)21-14(20)18-8-10(9-18)19-12-7-5-4-6-11(12)17-13(19)16/h4-7,10H,8-9H2,1-3H3,(H2,16,17). The first-order valence-corrected chi connectivity index (χ1v) is 7.05. The van der Waals surface area contributed by atoms with Crippen molar-refractivity contribution in [3.8, 4) is 0 Å². The van der Waals surface area contributed by atoms with E-state index in [4.69, 9.17) is 10.5 Å². The van der Waals surface area contributed by atoms with E-state index < -0.39 is 5.60 Å². The van der Waals surface area contributed by atoms with Gasteiger partial charge in [-0.25, -0.2) is 9.78 Å². The van der Waals surface area contributed by atoms with E-state index in [9.17, 15) is 4.79 Å². The predicted molar refractivity (Wildman–Crippen MR) is 81.0 cm³/mol. The van der Waals surface area contributed by atoms with Gasteiger partial charge in [-0.1, -0.05) is 12.1 Å². The number of amides is 1. The zero-order valence-electron chi connectivity index (χ0n) is 12.5. The first-order chi connectivity index (χ1) is 9.85. The van der Waals surface area contributed by atoms with E-state index in [-0.39, 0.29) is 12.1 Å². The Balaban J connectivity index is 1.73. The number of hydrogen-bond donors (Lipinski definition) is 1. The quantitative estimate of drug-likeness (QED) is 0.874. The Morgan fingerprint density at radius 3 is 2.67 bits per heavy atom. The molecule has 1 aliphatic heterocycles. The van der Waals surface area contributed by atoms with Gasteiger partial charge in [-0.15, -0.1) is 0 Å². The summed E-state index contributed by atoms with van der Waals surface area (Å²) >= 11 is 0. The summed E-state index contributed by atoms with van der Waals surface area (Å²) in [7, 11) is 0. The molecule has 0 atom stereocenters. The van der Waals surface area contributed by atoms with Gasteiger partial charge in [0.15, 0.2) is 0 Å². The molecule has 0 radical (unpaired) electrons. The molecule has 3 rings (SSSR count). The lowest BCUT2D eigenvalue weighted by atomic mass is 10.1. The number of aromatic nitrogens is 2. The van der Waals surface area contributed by atoms with Crippen LogP contribution in [0.15, 0.2) is 24.3 Å². The van der Waals surface area contributed by atoms with Crippen molar-refractivity contribution in [2.24, 2.45) is 0 Å². The molecule has 0 aliphatic carbocycles. The average molecular weight is 288 g/mol. The Bertz CT molecular complexity index is 681. The number of nitrogen functional groups attached to an aromatic ring is 1. The number of fused-ring (bicyclic) bond motifs is 1. The van der Waals surface area contributed by atoms with Crippen LogP contribution in [0, 0.1) is 0 Å². The van der Waals surface area contributed by atoms with Crippen LogP contribution in [0.1, 0.15) is 26.8 Å². The molecular formula is C15H20N4O2. The number of ether oxygens (including phenoxy) is 1. The zero-order chi connectivity index (χ0) is 15.2. The summed E-state index contributed by atoms with van der Waals surface area (Å²) in [5.41, 5.74) is 7.42. The molecule has 21 heavy (non-hydrogen) atoms. The molecule has 1 aromatic carbocycles. The Morgan fingerprint density at radius 1 is 1.33 bits per heavy atom. The van der Waals surface area contributed by atoms with Crippen molar-refractivity contribution in [2.45, 2.75) is 32.4 Å². The second-order valence-electron chi connectivity index (χ2n) is 6.37. The monoisotopic (exact) mass is 288 g/mol. The topological polar surface area (TPSA) is 73.4 Å². The minimum Gasteiger partial charge on any atom is -0.444 e. The molecule has 1 aromatic heterocycles. The van der Waals surface area contributed by atoms with Gasteiger partial charge in [0.25, 0.3) is 0 Å². The van der Waals surface area contributed by atoms with Crippen molar-refractivity contribution < 1.29 is 9.53 Å². The van der Waals surface area contributed by atoms with Gasteiger partial charge < -0.3 is 19.9 Å². The number of nitrogens with two attached hydrogens (primary N) is 1. The average Bonchev–Trinajstić information content (AvgIpc) is 2.62. The summed E-state index contributed by atoms with van der Waals surface area (Å²) in [5, 5.41) is 0. The van der Waals surface area contributed by atoms with Crippen LogP contribution in [0.5, 0.6) is 0 Å². The predicted octanol–water partition coefficient (Wildman–Crippen LogP) is 2.41. The third kappa shape index (κ3) is 2.53. The minimum absolute atomic E-state index is 0.157. The van der Waals surface area contributed by atoms with Crippen molar-refractivity contribution in [2.75, 3.05) is 18.8 Å². The first-order valence-electron chi connectivity index (χ1n) is 7.05. The van der Waals surface area contributed by atoms with Gasteiger partial charge in [0.05, 0.1) is 17.1 Å². The normalized spacial score (nSPS) is 16.0. The SMILES string of the molecule is CC(C)(C)OC(=O)N1CC(n2c(N)nc3ccccc32)C1. The molecule has 2 N–H and O–H groups in total. The van der Waals surface area contributed by atoms with Gasteiger partial charge in [0, 0.05) is 13.1 Å². The van der Waals surface area contributed by atoms with E-state index in [1.54, 1.807) is 4.90 Å². The van der Waals surface area contributed by atoms with Gasteiger partial charge in [0.1, 0.15) is 5.60 Å². The van der Waals surface area contributed by atoms with Gasteiger partial charge in [0.2, 0.25) is 5.95 Å². The van der Waals surface area contributed by atoms with E-state index in [0.717, 1.165) is 11.0 Å². The van der Waals surface area contributed by atoms with Crippen LogP contribution in [0.2, 0.25) is 0 Å². The Hall–Kier alpha value is -2.24. The largest absolute Gasteiger partial charge is 0.444 e. The number of hydrogen-bond acceptors (Lipinski definition) is 4. The van der Waals surface area contributed by atoms with Crippen molar-refractivity contribution in [1.29, 1.82) is 0 Å². The number of likely N-dealkylation sites (tertiary alicyclic amines) is 1. The lowest BCUT2D eigenvalue weighted by Crippen LogP contribution is -2.52. The number of rotatable bonds is 1. The Morgan fingerprint density at radius 2 is 2.00 bits per heavy atom.